The van der Waals surface area contributed by atoms with Gasteiger partial charge in [-0.3, -0.25) is 4.79 Å². The van der Waals surface area contributed by atoms with E-state index in [0.29, 0.717) is 25.4 Å². The summed E-state index contributed by atoms with van der Waals surface area (Å²) in [6.07, 6.45) is 1.41. The quantitative estimate of drug-likeness (QED) is 0.814. The number of hydrogen-bond acceptors (Lipinski definition) is 2. The highest BCUT2D eigenvalue weighted by atomic mass is 35.5. The molecule has 0 aromatic heterocycles. The molecule has 0 spiro atoms. The minimum absolute atomic E-state index is 0. The first-order valence-corrected chi connectivity index (χ1v) is 6.72. The van der Waals surface area contributed by atoms with Gasteiger partial charge >= 0.3 is 0 Å². The van der Waals surface area contributed by atoms with Gasteiger partial charge in [-0.15, -0.1) is 12.4 Å². The highest BCUT2D eigenvalue weighted by Crippen LogP contribution is 2.14. The highest BCUT2D eigenvalue weighted by Gasteiger charge is 2.13. The Morgan fingerprint density at radius 2 is 1.90 bits per heavy atom. The number of amides is 1. The Bertz CT molecular complexity index is 395. The van der Waals surface area contributed by atoms with Crippen LogP contribution in [0.1, 0.15) is 32.3 Å². The zero-order valence-electron chi connectivity index (χ0n) is 12.1. The monoisotopic (exact) mass is 302 g/mol. The third-order valence-corrected chi connectivity index (χ3v) is 3.02. The first-order chi connectivity index (χ1) is 9.01. The Kier molecular flexibility index (Phi) is 9.17. The van der Waals surface area contributed by atoms with Gasteiger partial charge in [0.25, 0.3) is 0 Å². The number of carbonyl (C=O) groups is 1. The molecule has 1 atom stereocenters. The summed E-state index contributed by atoms with van der Waals surface area (Å²) < 4.78 is 12.7. The summed E-state index contributed by atoms with van der Waals surface area (Å²) >= 11 is 0. The van der Waals surface area contributed by atoms with Crippen molar-refractivity contribution < 1.29 is 9.18 Å². The van der Waals surface area contributed by atoms with Crippen molar-refractivity contribution in [2.75, 3.05) is 6.54 Å². The molecule has 0 aliphatic carbocycles. The summed E-state index contributed by atoms with van der Waals surface area (Å²) in [5.41, 5.74) is 6.56. The summed E-state index contributed by atoms with van der Waals surface area (Å²) in [5, 5.41) is 2.84. The van der Waals surface area contributed by atoms with E-state index < -0.39 is 0 Å². The van der Waals surface area contributed by atoms with Gasteiger partial charge in [0, 0.05) is 13.0 Å². The second kappa shape index (κ2) is 9.72. The molecule has 0 fully saturated rings. The second-order valence-electron chi connectivity index (χ2n) is 5.34. The van der Waals surface area contributed by atoms with Gasteiger partial charge in [-0.05, 0) is 42.5 Å². The maximum atomic E-state index is 12.7. The van der Waals surface area contributed by atoms with Crippen molar-refractivity contribution in [2.24, 2.45) is 17.6 Å². The predicted octanol–water partition coefficient (Wildman–Crippen LogP) is 2.87. The van der Waals surface area contributed by atoms with Gasteiger partial charge in [0.2, 0.25) is 5.91 Å². The van der Waals surface area contributed by atoms with Crippen LogP contribution in [-0.4, -0.2) is 12.5 Å². The lowest BCUT2D eigenvalue weighted by Crippen LogP contribution is -2.28. The largest absolute Gasteiger partial charge is 0.352 e. The van der Waals surface area contributed by atoms with Crippen LogP contribution in [0.4, 0.5) is 4.39 Å². The third-order valence-electron chi connectivity index (χ3n) is 3.02. The van der Waals surface area contributed by atoms with E-state index in [9.17, 15) is 9.18 Å². The molecule has 0 saturated heterocycles. The Morgan fingerprint density at radius 1 is 1.30 bits per heavy atom. The van der Waals surface area contributed by atoms with E-state index in [1.165, 1.54) is 12.1 Å². The fourth-order valence-corrected chi connectivity index (χ4v) is 2.07. The van der Waals surface area contributed by atoms with Gasteiger partial charge in [-0.2, -0.15) is 0 Å². The van der Waals surface area contributed by atoms with Crippen LogP contribution in [0.5, 0.6) is 0 Å². The number of rotatable bonds is 7. The molecular weight excluding hydrogens is 279 g/mol. The van der Waals surface area contributed by atoms with Crippen molar-refractivity contribution in [3.05, 3.63) is 35.6 Å². The van der Waals surface area contributed by atoms with Gasteiger partial charge in [0.05, 0.1) is 0 Å². The first-order valence-electron chi connectivity index (χ1n) is 6.72. The molecule has 1 amide bonds. The molecule has 0 saturated carbocycles. The Hall–Kier alpha value is -1.13. The minimum atomic E-state index is -0.268. The number of nitrogens with one attached hydrogen (secondary N) is 1. The van der Waals surface area contributed by atoms with Crippen molar-refractivity contribution in [2.45, 2.75) is 33.2 Å². The molecule has 0 bridgehead atoms. The van der Waals surface area contributed by atoms with E-state index in [2.05, 4.69) is 19.2 Å². The average Bonchev–Trinajstić information content (AvgIpc) is 2.36. The van der Waals surface area contributed by atoms with Crippen LogP contribution in [0.25, 0.3) is 0 Å². The average molecular weight is 303 g/mol. The Balaban J connectivity index is 0.00000361. The van der Waals surface area contributed by atoms with E-state index in [1.807, 2.05) is 0 Å². The fourth-order valence-electron chi connectivity index (χ4n) is 2.07. The normalized spacial score (nSPS) is 11.8. The molecule has 5 heteroatoms. The van der Waals surface area contributed by atoms with Crippen molar-refractivity contribution in [3.63, 3.8) is 0 Å². The van der Waals surface area contributed by atoms with Crippen molar-refractivity contribution >= 4 is 18.3 Å². The van der Waals surface area contributed by atoms with Crippen LogP contribution in [0.15, 0.2) is 24.3 Å². The lowest BCUT2D eigenvalue weighted by atomic mass is 9.94. The molecule has 1 aromatic rings. The summed E-state index contributed by atoms with van der Waals surface area (Å²) in [5.74, 6) is 0.502. The molecule has 114 valence electrons. The van der Waals surface area contributed by atoms with Crippen LogP contribution < -0.4 is 11.1 Å². The standard InChI is InChI=1S/C15H23FN2O.ClH/c1-11(2)7-13(9-17)8-15(19)18-10-12-3-5-14(16)6-4-12;/h3-6,11,13H,7-10,17H2,1-2H3,(H,18,19);1H. The number of nitrogens with two attached hydrogens (primary N) is 1. The molecule has 1 unspecified atom stereocenters. The number of benzene rings is 1. The molecule has 1 rings (SSSR count). The lowest BCUT2D eigenvalue weighted by Gasteiger charge is -2.16. The van der Waals surface area contributed by atoms with Gasteiger partial charge in [-0.25, -0.2) is 4.39 Å². The molecule has 0 aliphatic heterocycles. The minimum Gasteiger partial charge on any atom is -0.352 e. The smallest absolute Gasteiger partial charge is 0.220 e. The fraction of sp³-hybridized carbons (Fsp3) is 0.533. The van der Waals surface area contributed by atoms with E-state index in [-0.39, 0.29) is 30.0 Å². The summed E-state index contributed by atoms with van der Waals surface area (Å²) in [6, 6.07) is 6.13. The second-order valence-corrected chi connectivity index (χ2v) is 5.34. The third kappa shape index (κ3) is 7.46. The van der Waals surface area contributed by atoms with E-state index >= 15 is 0 Å². The maximum Gasteiger partial charge on any atom is 0.220 e. The van der Waals surface area contributed by atoms with Crippen molar-refractivity contribution in [3.8, 4) is 0 Å². The van der Waals surface area contributed by atoms with E-state index in [1.54, 1.807) is 12.1 Å². The Morgan fingerprint density at radius 3 is 2.40 bits per heavy atom. The number of halogens is 2. The van der Waals surface area contributed by atoms with Crippen molar-refractivity contribution in [1.82, 2.24) is 5.32 Å². The number of carbonyl (C=O) groups excluding carboxylic acids is 1. The highest BCUT2D eigenvalue weighted by molar-refractivity contribution is 5.85. The predicted molar refractivity (Wildman–Crippen MR) is 82.1 cm³/mol. The molecule has 0 radical (unpaired) electrons. The lowest BCUT2D eigenvalue weighted by molar-refractivity contribution is -0.122. The van der Waals surface area contributed by atoms with Crippen LogP contribution in [0.2, 0.25) is 0 Å². The zero-order chi connectivity index (χ0) is 14.3. The molecule has 0 heterocycles. The van der Waals surface area contributed by atoms with Crippen LogP contribution >= 0.6 is 12.4 Å². The molecular formula is C15H24ClFN2O. The SMILES string of the molecule is CC(C)CC(CN)CC(=O)NCc1ccc(F)cc1.Cl. The first kappa shape index (κ1) is 18.9. The summed E-state index contributed by atoms with van der Waals surface area (Å²) in [4.78, 5) is 11.8. The van der Waals surface area contributed by atoms with Crippen LogP contribution in [-0.2, 0) is 11.3 Å². The van der Waals surface area contributed by atoms with Gasteiger partial charge in [-0.1, -0.05) is 26.0 Å². The van der Waals surface area contributed by atoms with Gasteiger partial charge in [0.15, 0.2) is 0 Å². The van der Waals surface area contributed by atoms with Crippen LogP contribution in [0, 0.1) is 17.7 Å². The van der Waals surface area contributed by atoms with Crippen molar-refractivity contribution in [1.29, 1.82) is 0 Å². The number of hydrogen-bond donors (Lipinski definition) is 2. The van der Waals surface area contributed by atoms with Crippen LogP contribution in [0.3, 0.4) is 0 Å². The Labute approximate surface area is 126 Å². The van der Waals surface area contributed by atoms with Gasteiger partial charge in [0.1, 0.15) is 5.82 Å². The molecule has 20 heavy (non-hydrogen) atoms. The molecule has 3 N–H and O–H groups in total. The molecule has 1 aromatic carbocycles. The molecule has 3 nitrogen and oxygen atoms in total. The summed E-state index contributed by atoms with van der Waals surface area (Å²) in [6.45, 7) is 5.21. The molecule has 0 aliphatic rings. The zero-order valence-corrected chi connectivity index (χ0v) is 12.9. The van der Waals surface area contributed by atoms with E-state index in [0.717, 1.165) is 12.0 Å². The summed E-state index contributed by atoms with van der Waals surface area (Å²) in [7, 11) is 0. The van der Waals surface area contributed by atoms with Gasteiger partial charge < -0.3 is 11.1 Å². The maximum absolute atomic E-state index is 12.7. The topological polar surface area (TPSA) is 55.1 Å². The van der Waals surface area contributed by atoms with E-state index in [4.69, 9.17) is 5.73 Å².